The molecule has 0 heterocycles. The van der Waals surface area contributed by atoms with Gasteiger partial charge in [-0.2, -0.15) is 0 Å². The molecule has 0 aliphatic heterocycles. The number of sulfonamides is 1. The third-order valence-electron chi connectivity index (χ3n) is 4.89. The van der Waals surface area contributed by atoms with Crippen molar-refractivity contribution >= 4 is 33.2 Å². The van der Waals surface area contributed by atoms with Crippen molar-refractivity contribution in [2.75, 3.05) is 25.5 Å². The van der Waals surface area contributed by atoms with Crippen LogP contribution in [0, 0.1) is 0 Å². The lowest BCUT2D eigenvalue weighted by Crippen LogP contribution is -2.31. The first-order valence-electron chi connectivity index (χ1n) is 10.2. The van der Waals surface area contributed by atoms with Crippen LogP contribution < -0.4 is 24.2 Å². The van der Waals surface area contributed by atoms with Crippen LogP contribution in [-0.2, 0) is 14.8 Å². The van der Waals surface area contributed by atoms with Gasteiger partial charge in [0.1, 0.15) is 5.75 Å². The average molecular weight is 505 g/mol. The van der Waals surface area contributed by atoms with E-state index < -0.39 is 10.0 Å². The number of anilines is 1. The van der Waals surface area contributed by atoms with Crippen molar-refractivity contribution in [3.8, 4) is 17.2 Å². The number of carbonyl (C=O) groups is 1. The molecule has 3 rings (SSSR count). The number of hydrogen-bond donors (Lipinski definition) is 2. The molecular weight excluding hydrogens is 480 g/mol. The molecule has 3 aromatic carbocycles. The molecule has 0 spiro atoms. The lowest BCUT2D eigenvalue weighted by molar-refractivity contribution is -0.123. The molecule has 0 saturated heterocycles. The normalized spacial score (nSPS) is 11.9. The molecule has 0 bridgehead atoms. The molecule has 0 fully saturated rings. The zero-order valence-corrected chi connectivity index (χ0v) is 20.4. The Labute approximate surface area is 203 Å². The summed E-state index contributed by atoms with van der Waals surface area (Å²) in [6.45, 7) is 1.61. The number of rotatable bonds is 10. The summed E-state index contributed by atoms with van der Waals surface area (Å²) in [5, 5.41) is 3.35. The molecule has 1 amide bonds. The van der Waals surface area contributed by atoms with Crippen LogP contribution in [-0.4, -0.2) is 35.2 Å². The third kappa shape index (κ3) is 6.55. The Bertz CT molecular complexity index is 1230. The van der Waals surface area contributed by atoms with Crippen molar-refractivity contribution in [1.29, 1.82) is 0 Å². The van der Waals surface area contributed by atoms with Crippen LogP contribution in [0.1, 0.15) is 18.5 Å². The number of methoxy groups -OCH3 is 2. The van der Waals surface area contributed by atoms with Gasteiger partial charge < -0.3 is 19.5 Å². The van der Waals surface area contributed by atoms with Gasteiger partial charge in [0.25, 0.3) is 15.9 Å². The van der Waals surface area contributed by atoms with Crippen LogP contribution >= 0.6 is 11.6 Å². The van der Waals surface area contributed by atoms with E-state index >= 15 is 0 Å². The molecule has 3 aromatic rings. The highest BCUT2D eigenvalue weighted by molar-refractivity contribution is 7.92. The second-order valence-electron chi connectivity index (χ2n) is 7.28. The lowest BCUT2D eigenvalue weighted by atomic mass is 10.1. The summed E-state index contributed by atoms with van der Waals surface area (Å²) >= 11 is 5.82. The van der Waals surface area contributed by atoms with E-state index in [-0.39, 0.29) is 23.5 Å². The van der Waals surface area contributed by atoms with Crippen molar-refractivity contribution < 1.29 is 27.4 Å². The number of ether oxygens (including phenoxy) is 3. The summed E-state index contributed by atoms with van der Waals surface area (Å²) in [4.78, 5) is 12.4. The minimum absolute atomic E-state index is 0.0568. The Morgan fingerprint density at radius 2 is 1.59 bits per heavy atom. The molecule has 2 N–H and O–H groups in total. The molecule has 10 heteroatoms. The topological polar surface area (TPSA) is 103 Å². The molecule has 0 aliphatic carbocycles. The van der Waals surface area contributed by atoms with E-state index in [1.165, 1.54) is 24.3 Å². The van der Waals surface area contributed by atoms with Crippen LogP contribution in [0.5, 0.6) is 17.2 Å². The Morgan fingerprint density at radius 3 is 2.21 bits per heavy atom. The van der Waals surface area contributed by atoms with Gasteiger partial charge in [-0.05, 0) is 73.2 Å². The molecule has 34 heavy (non-hydrogen) atoms. The smallest absolute Gasteiger partial charge is 0.261 e. The lowest BCUT2D eigenvalue weighted by Gasteiger charge is -2.17. The zero-order chi connectivity index (χ0) is 24.7. The summed E-state index contributed by atoms with van der Waals surface area (Å²) < 4.78 is 43.6. The second-order valence-corrected chi connectivity index (χ2v) is 9.39. The van der Waals surface area contributed by atoms with Crippen LogP contribution in [0.3, 0.4) is 0 Å². The van der Waals surface area contributed by atoms with E-state index in [2.05, 4.69) is 10.0 Å². The number of benzene rings is 3. The Kier molecular flexibility index (Phi) is 8.25. The summed E-state index contributed by atoms with van der Waals surface area (Å²) in [6.07, 6.45) is 0. The maximum Gasteiger partial charge on any atom is 0.261 e. The second kappa shape index (κ2) is 11.1. The molecule has 1 atom stereocenters. The van der Waals surface area contributed by atoms with Crippen molar-refractivity contribution in [1.82, 2.24) is 5.32 Å². The van der Waals surface area contributed by atoms with Gasteiger partial charge in [0, 0.05) is 10.7 Å². The van der Waals surface area contributed by atoms with Gasteiger partial charge in [-0.1, -0.05) is 17.7 Å². The quantitative estimate of drug-likeness (QED) is 0.424. The van der Waals surface area contributed by atoms with Crippen molar-refractivity contribution in [3.05, 3.63) is 77.3 Å². The van der Waals surface area contributed by atoms with E-state index in [4.69, 9.17) is 25.8 Å². The molecule has 180 valence electrons. The summed E-state index contributed by atoms with van der Waals surface area (Å²) in [5.41, 5.74) is 1.23. The van der Waals surface area contributed by atoms with Crippen molar-refractivity contribution in [2.24, 2.45) is 0 Å². The standard InChI is InChI=1S/C24H25ClN2O6S/c1-16(17-4-13-22(31-2)23(14-17)32-3)26-24(28)15-33-20-9-11-21(12-10-20)34(29,30)27-19-7-5-18(25)6-8-19/h4-14,16,27H,15H2,1-3H3,(H,26,28). The van der Waals surface area contributed by atoms with Gasteiger partial charge in [-0.25, -0.2) is 8.42 Å². The van der Waals surface area contributed by atoms with Crippen LogP contribution in [0.15, 0.2) is 71.6 Å². The van der Waals surface area contributed by atoms with Crippen LogP contribution in [0.25, 0.3) is 0 Å². The minimum Gasteiger partial charge on any atom is -0.493 e. The Balaban J connectivity index is 1.55. The van der Waals surface area contributed by atoms with E-state index in [1.807, 2.05) is 13.0 Å². The highest BCUT2D eigenvalue weighted by atomic mass is 35.5. The van der Waals surface area contributed by atoms with E-state index in [0.717, 1.165) is 5.56 Å². The first-order chi connectivity index (χ1) is 16.2. The first-order valence-corrected chi connectivity index (χ1v) is 12.1. The van der Waals surface area contributed by atoms with E-state index in [1.54, 1.807) is 50.6 Å². The number of nitrogens with one attached hydrogen (secondary N) is 2. The maximum atomic E-state index is 12.5. The van der Waals surface area contributed by atoms with E-state index in [9.17, 15) is 13.2 Å². The number of amides is 1. The Hall–Kier alpha value is -3.43. The molecule has 0 aromatic heterocycles. The number of carbonyl (C=O) groups excluding carboxylic acids is 1. The number of hydrogen-bond acceptors (Lipinski definition) is 6. The SMILES string of the molecule is COc1ccc(C(C)NC(=O)COc2ccc(S(=O)(=O)Nc3ccc(Cl)cc3)cc2)cc1OC. The highest BCUT2D eigenvalue weighted by Crippen LogP contribution is 2.30. The minimum atomic E-state index is -3.78. The van der Waals surface area contributed by atoms with Crippen molar-refractivity contribution in [2.45, 2.75) is 17.9 Å². The summed E-state index contributed by atoms with van der Waals surface area (Å²) in [6, 6.07) is 17.2. The first kappa shape index (κ1) is 25.2. The molecule has 8 nitrogen and oxygen atoms in total. The van der Waals surface area contributed by atoms with E-state index in [0.29, 0.717) is 28.0 Å². The molecule has 1 unspecified atom stereocenters. The largest absolute Gasteiger partial charge is 0.493 e. The van der Waals surface area contributed by atoms with Gasteiger partial charge in [-0.15, -0.1) is 0 Å². The van der Waals surface area contributed by atoms with Gasteiger partial charge in [0.15, 0.2) is 18.1 Å². The van der Waals surface area contributed by atoms with Gasteiger partial charge in [0.05, 0.1) is 25.2 Å². The predicted octanol–water partition coefficient (Wildman–Crippen LogP) is 4.41. The van der Waals surface area contributed by atoms with Gasteiger partial charge in [-0.3, -0.25) is 9.52 Å². The third-order valence-corrected chi connectivity index (χ3v) is 6.53. The fraction of sp³-hybridized carbons (Fsp3) is 0.208. The highest BCUT2D eigenvalue weighted by Gasteiger charge is 2.16. The van der Waals surface area contributed by atoms with Crippen LogP contribution in [0.2, 0.25) is 5.02 Å². The fourth-order valence-corrected chi connectivity index (χ4v) is 4.27. The fourth-order valence-electron chi connectivity index (χ4n) is 3.08. The van der Waals surface area contributed by atoms with Gasteiger partial charge in [0.2, 0.25) is 0 Å². The monoisotopic (exact) mass is 504 g/mol. The van der Waals surface area contributed by atoms with Gasteiger partial charge >= 0.3 is 0 Å². The molecule has 0 aliphatic rings. The molecule has 0 radical (unpaired) electrons. The van der Waals surface area contributed by atoms with Crippen LogP contribution in [0.4, 0.5) is 5.69 Å². The van der Waals surface area contributed by atoms with Crippen molar-refractivity contribution in [3.63, 3.8) is 0 Å². The molecule has 0 saturated carbocycles. The zero-order valence-electron chi connectivity index (χ0n) is 18.9. The summed E-state index contributed by atoms with van der Waals surface area (Å²) in [5.74, 6) is 1.20. The maximum absolute atomic E-state index is 12.5. The predicted molar refractivity (Wildman–Crippen MR) is 130 cm³/mol. The summed E-state index contributed by atoms with van der Waals surface area (Å²) in [7, 11) is -0.680. The Morgan fingerprint density at radius 1 is 0.941 bits per heavy atom. The average Bonchev–Trinajstić information content (AvgIpc) is 2.83. The molecular formula is C24H25ClN2O6S. The number of halogens is 1.